The molecule has 1 atom stereocenters. The van der Waals surface area contributed by atoms with Gasteiger partial charge in [-0.25, -0.2) is 4.79 Å². The van der Waals surface area contributed by atoms with Crippen LogP contribution in [0.2, 0.25) is 0 Å². The molecule has 0 saturated heterocycles. The van der Waals surface area contributed by atoms with Crippen LogP contribution in [-0.4, -0.2) is 41.0 Å². The van der Waals surface area contributed by atoms with Crippen LogP contribution in [0.15, 0.2) is 18.2 Å². The van der Waals surface area contributed by atoms with Crippen LogP contribution in [0.4, 0.5) is 0 Å². The quantitative estimate of drug-likeness (QED) is 0.211. The van der Waals surface area contributed by atoms with Crippen molar-refractivity contribution in [2.45, 2.75) is 31.6 Å². The molecule has 25 heavy (non-hydrogen) atoms. The first-order valence-corrected chi connectivity index (χ1v) is 9.45. The molecule has 7 nitrogen and oxygen atoms in total. The molecule has 1 aliphatic rings. The minimum Gasteiger partial charge on any atom is -0.534 e. The largest absolute Gasteiger partial charge is 0.547 e. The van der Waals surface area contributed by atoms with E-state index < -0.39 is 19.0 Å². The predicted molar refractivity (Wildman–Crippen MR) is 99.3 cm³/mol. The van der Waals surface area contributed by atoms with Gasteiger partial charge in [0.2, 0.25) is 5.91 Å². The molecule has 0 fully saturated rings. The number of halogens is 1. The Labute approximate surface area is 160 Å². The first-order chi connectivity index (χ1) is 12.1. The lowest BCUT2D eigenvalue weighted by Crippen LogP contribution is -2.53. The number of alkyl halides is 1. The van der Waals surface area contributed by atoms with Gasteiger partial charge in [-0.3, -0.25) is 4.79 Å². The summed E-state index contributed by atoms with van der Waals surface area (Å²) in [5.74, 6) is -1.17. The summed E-state index contributed by atoms with van der Waals surface area (Å²) in [5, 5.41) is 21.3. The maximum atomic E-state index is 12.2. The summed E-state index contributed by atoms with van der Waals surface area (Å²) in [6.07, 6.45) is 1.26. The molecule has 0 saturated carbocycles. The fourth-order valence-electron chi connectivity index (χ4n) is 2.45. The third-order valence-electron chi connectivity index (χ3n) is 3.66. The predicted octanol–water partition coefficient (Wildman–Crippen LogP) is 1.41. The highest BCUT2D eigenvalue weighted by Gasteiger charge is 2.37. The monoisotopic (exact) mass is 456 g/mol. The number of esters is 1. The zero-order valence-corrected chi connectivity index (χ0v) is 15.7. The van der Waals surface area contributed by atoms with Gasteiger partial charge < -0.3 is 19.7 Å². The van der Waals surface area contributed by atoms with E-state index in [1.54, 1.807) is 18.2 Å². The van der Waals surface area contributed by atoms with Crippen LogP contribution in [-0.2, 0) is 16.0 Å². The number of fused-ring (bicyclic) bond motifs is 1. The van der Waals surface area contributed by atoms with Crippen molar-refractivity contribution in [1.29, 1.82) is 5.26 Å². The van der Waals surface area contributed by atoms with E-state index in [0.29, 0.717) is 18.6 Å². The van der Waals surface area contributed by atoms with E-state index in [0.717, 1.165) is 10.8 Å². The van der Waals surface area contributed by atoms with Crippen LogP contribution in [0.25, 0.3) is 0 Å². The Morgan fingerprint density at radius 2 is 2.32 bits per heavy atom. The van der Waals surface area contributed by atoms with E-state index in [1.807, 2.05) is 6.07 Å². The fraction of sp³-hybridized carbons (Fsp3) is 0.438. The number of ether oxygens (including phenoxy) is 1. The Balaban J connectivity index is 2.08. The third kappa shape index (κ3) is 5.34. The first-order valence-electron chi connectivity index (χ1n) is 7.92. The fourth-order valence-corrected chi connectivity index (χ4v) is 2.77. The lowest BCUT2D eigenvalue weighted by molar-refractivity contribution is -0.121. The highest BCUT2D eigenvalue weighted by Crippen LogP contribution is 2.30. The highest BCUT2D eigenvalue weighted by atomic mass is 127. The molecule has 9 heteroatoms. The smallest absolute Gasteiger partial charge is 0.534 e. The van der Waals surface area contributed by atoms with Crippen molar-refractivity contribution in [2.24, 2.45) is 0 Å². The van der Waals surface area contributed by atoms with Crippen molar-refractivity contribution in [3.8, 4) is 11.8 Å². The van der Waals surface area contributed by atoms with Gasteiger partial charge in [-0.15, -0.1) is 0 Å². The number of rotatable bonds is 7. The van der Waals surface area contributed by atoms with Gasteiger partial charge in [0.05, 0.1) is 18.6 Å². The molecule has 0 unspecified atom stereocenters. The lowest BCUT2D eigenvalue weighted by Gasteiger charge is -2.29. The number of hydrogen-bond acceptors (Lipinski definition) is 6. The van der Waals surface area contributed by atoms with Gasteiger partial charge in [-0.05, 0) is 24.5 Å². The molecular formula is C16H18BIN2O5. The SMILES string of the molecule is N#CCCC(=O)N[C@H]1Cc2cccc(C(=O)OCCCI)c2OB1O. The molecule has 2 rings (SSSR count). The van der Waals surface area contributed by atoms with E-state index >= 15 is 0 Å². The normalized spacial score (nSPS) is 15.6. The third-order valence-corrected chi connectivity index (χ3v) is 4.42. The number of hydrogen-bond donors (Lipinski definition) is 2. The van der Waals surface area contributed by atoms with Crippen LogP contribution in [0.5, 0.6) is 5.75 Å². The molecule has 2 N–H and O–H groups in total. The van der Waals surface area contributed by atoms with E-state index in [4.69, 9.17) is 14.7 Å². The van der Waals surface area contributed by atoms with Crippen molar-refractivity contribution in [3.05, 3.63) is 29.3 Å². The van der Waals surface area contributed by atoms with E-state index in [-0.39, 0.29) is 30.1 Å². The van der Waals surface area contributed by atoms with Gasteiger partial charge in [-0.1, -0.05) is 34.7 Å². The van der Waals surface area contributed by atoms with Gasteiger partial charge >= 0.3 is 13.1 Å². The Hall–Kier alpha value is -1.80. The molecule has 0 spiro atoms. The molecule has 1 heterocycles. The summed E-state index contributed by atoms with van der Waals surface area (Å²) in [6.45, 7) is 0.325. The maximum absolute atomic E-state index is 12.2. The second-order valence-corrected chi connectivity index (χ2v) is 6.60. The second kappa shape index (κ2) is 9.63. The topological polar surface area (TPSA) is 109 Å². The lowest BCUT2D eigenvalue weighted by atomic mass is 9.72. The van der Waals surface area contributed by atoms with Gasteiger partial charge in [0.15, 0.2) is 0 Å². The highest BCUT2D eigenvalue weighted by molar-refractivity contribution is 14.1. The van der Waals surface area contributed by atoms with E-state index in [9.17, 15) is 14.6 Å². The minimum absolute atomic E-state index is 0.0652. The van der Waals surface area contributed by atoms with Gasteiger partial charge in [-0.2, -0.15) is 5.26 Å². The van der Waals surface area contributed by atoms with Crippen molar-refractivity contribution < 1.29 is 24.0 Å². The Bertz CT molecular complexity index is 679. The number of carbonyl (C=O) groups is 2. The summed E-state index contributed by atoms with van der Waals surface area (Å²) >= 11 is 2.20. The number of carbonyl (C=O) groups excluding carboxylic acids is 2. The molecular weight excluding hydrogens is 438 g/mol. The summed E-state index contributed by atoms with van der Waals surface area (Å²) in [5.41, 5.74) is 0.971. The summed E-state index contributed by atoms with van der Waals surface area (Å²) in [6, 6.07) is 6.97. The van der Waals surface area contributed by atoms with E-state index in [2.05, 4.69) is 27.9 Å². The number of nitrogens with one attached hydrogen (secondary N) is 1. The minimum atomic E-state index is -1.28. The zero-order valence-electron chi connectivity index (χ0n) is 13.5. The van der Waals surface area contributed by atoms with Gasteiger partial charge in [0, 0.05) is 17.3 Å². The van der Waals surface area contributed by atoms with Crippen LogP contribution in [0.1, 0.15) is 35.2 Å². The average Bonchev–Trinajstić information content (AvgIpc) is 2.60. The standard InChI is InChI=1S/C16H18BIN2O5/c18-7-3-9-24-16(22)12-5-1-4-11-10-13(17(23)25-15(11)12)20-14(21)6-2-8-19/h1,4-5,13,23H,2-3,6-7,9-10H2,(H,20,21)/t13-/m0/s1. The van der Waals surface area contributed by atoms with Gasteiger partial charge in [0.25, 0.3) is 0 Å². The van der Waals surface area contributed by atoms with Crippen molar-refractivity contribution in [1.82, 2.24) is 5.32 Å². The van der Waals surface area contributed by atoms with Crippen molar-refractivity contribution in [2.75, 3.05) is 11.0 Å². The van der Waals surface area contributed by atoms with E-state index in [1.165, 1.54) is 0 Å². The molecule has 1 aliphatic heterocycles. The summed E-state index contributed by atoms with van der Waals surface area (Å²) in [7, 11) is -1.28. The molecule has 0 aromatic heterocycles. The number of nitriles is 1. The van der Waals surface area contributed by atoms with Crippen LogP contribution >= 0.6 is 22.6 Å². The summed E-state index contributed by atoms with van der Waals surface area (Å²) < 4.78 is 11.6. The maximum Gasteiger partial charge on any atom is 0.547 e. The van der Waals surface area contributed by atoms with Crippen LogP contribution in [0.3, 0.4) is 0 Å². The Morgan fingerprint density at radius 1 is 1.52 bits per heavy atom. The van der Waals surface area contributed by atoms with Gasteiger partial charge in [0.1, 0.15) is 11.3 Å². The van der Waals surface area contributed by atoms with Crippen LogP contribution < -0.4 is 9.97 Å². The number of nitrogens with zero attached hydrogens (tertiary/aromatic N) is 1. The Kier molecular flexibility index (Phi) is 7.52. The number of benzene rings is 1. The molecule has 0 radical (unpaired) electrons. The Morgan fingerprint density at radius 3 is 3.04 bits per heavy atom. The molecule has 1 aromatic carbocycles. The second-order valence-electron chi connectivity index (χ2n) is 5.52. The average molecular weight is 456 g/mol. The van der Waals surface area contributed by atoms with Crippen molar-refractivity contribution >= 4 is 41.6 Å². The number of para-hydroxylation sites is 1. The summed E-state index contributed by atoms with van der Waals surface area (Å²) in [4.78, 5) is 23.9. The molecule has 1 aromatic rings. The molecule has 0 aliphatic carbocycles. The zero-order chi connectivity index (χ0) is 18.2. The van der Waals surface area contributed by atoms with Crippen LogP contribution in [0, 0.1) is 11.3 Å². The first kappa shape index (κ1) is 19.5. The molecule has 0 bridgehead atoms. The molecule has 1 amide bonds. The molecule has 132 valence electrons. The number of amides is 1. The van der Waals surface area contributed by atoms with Crippen molar-refractivity contribution in [3.63, 3.8) is 0 Å².